The minimum absolute atomic E-state index is 0.0157. The van der Waals surface area contributed by atoms with Crippen LogP contribution in [0.5, 0.6) is 0 Å². The van der Waals surface area contributed by atoms with Gasteiger partial charge in [-0.2, -0.15) is 0 Å². The summed E-state index contributed by atoms with van der Waals surface area (Å²) in [6.07, 6.45) is 2.14. The average Bonchev–Trinajstić information content (AvgIpc) is 2.46. The van der Waals surface area contributed by atoms with E-state index in [1.165, 1.54) is 0 Å². The van der Waals surface area contributed by atoms with Crippen LogP contribution in [0.25, 0.3) is 0 Å². The molecule has 0 bridgehead atoms. The lowest BCUT2D eigenvalue weighted by Gasteiger charge is -2.33. The van der Waals surface area contributed by atoms with Gasteiger partial charge in [-0.1, -0.05) is 28.1 Å². The number of piperidine rings is 1. The van der Waals surface area contributed by atoms with Gasteiger partial charge in [-0.3, -0.25) is 0 Å². The van der Waals surface area contributed by atoms with Crippen LogP contribution in [-0.2, 0) is 11.3 Å². The molecule has 1 saturated heterocycles. The van der Waals surface area contributed by atoms with Gasteiger partial charge in [0.25, 0.3) is 0 Å². The molecule has 1 aromatic carbocycles. The van der Waals surface area contributed by atoms with Crippen molar-refractivity contribution in [3.63, 3.8) is 0 Å². The molecule has 1 unspecified atom stereocenters. The number of hydrogen-bond donors (Lipinski definition) is 1. The third kappa shape index (κ3) is 5.32. The fraction of sp³-hybridized carbons (Fsp3) is 0.562. The number of carbonyl (C=O) groups excluding carboxylic acids is 1. The van der Waals surface area contributed by atoms with E-state index in [1.807, 2.05) is 30.9 Å². The minimum atomic E-state index is 0.0157. The van der Waals surface area contributed by atoms with Crippen LogP contribution in [0.4, 0.5) is 4.79 Å². The molecule has 1 aromatic rings. The molecule has 21 heavy (non-hydrogen) atoms. The fourth-order valence-corrected chi connectivity index (χ4v) is 2.66. The van der Waals surface area contributed by atoms with Crippen molar-refractivity contribution in [2.75, 3.05) is 13.1 Å². The highest BCUT2D eigenvalue weighted by Crippen LogP contribution is 2.16. The van der Waals surface area contributed by atoms with E-state index >= 15 is 0 Å². The molecule has 1 N–H and O–H groups in total. The first-order valence-electron chi connectivity index (χ1n) is 7.46. The van der Waals surface area contributed by atoms with Crippen LogP contribution in [0, 0.1) is 0 Å². The molecule has 116 valence electrons. The summed E-state index contributed by atoms with van der Waals surface area (Å²) in [5, 5.41) is 2.94. The summed E-state index contributed by atoms with van der Waals surface area (Å²) in [5.74, 6) is 0. The molecule has 1 atom stereocenters. The number of hydrogen-bond acceptors (Lipinski definition) is 2. The lowest BCUT2D eigenvalue weighted by Crippen LogP contribution is -2.49. The van der Waals surface area contributed by atoms with E-state index in [4.69, 9.17) is 4.74 Å². The lowest BCUT2D eigenvalue weighted by molar-refractivity contribution is -0.000501. The van der Waals surface area contributed by atoms with Crippen molar-refractivity contribution in [1.29, 1.82) is 0 Å². The smallest absolute Gasteiger partial charge is 0.317 e. The normalized spacial score (nSPS) is 18.9. The summed E-state index contributed by atoms with van der Waals surface area (Å²) in [6.45, 7) is 6.04. The Labute approximate surface area is 135 Å². The van der Waals surface area contributed by atoms with Gasteiger partial charge in [0.05, 0.1) is 12.7 Å². The Kier molecular flexibility index (Phi) is 6.06. The Balaban J connectivity index is 1.81. The maximum atomic E-state index is 12.0. The first-order valence-corrected chi connectivity index (χ1v) is 8.25. The molecule has 1 aliphatic heterocycles. The average molecular weight is 355 g/mol. The Bertz CT molecular complexity index is 462. The molecule has 0 aromatic heterocycles. The zero-order valence-corrected chi connectivity index (χ0v) is 14.2. The molecule has 1 heterocycles. The molecule has 0 saturated carbocycles. The van der Waals surface area contributed by atoms with Gasteiger partial charge >= 0.3 is 6.03 Å². The predicted molar refractivity (Wildman–Crippen MR) is 87.2 cm³/mol. The maximum absolute atomic E-state index is 12.0. The third-order valence-electron chi connectivity index (χ3n) is 3.48. The van der Waals surface area contributed by atoms with Gasteiger partial charge in [0.2, 0.25) is 0 Å². The number of halogens is 1. The molecule has 2 rings (SSSR count). The number of benzene rings is 1. The number of nitrogens with one attached hydrogen (secondary N) is 1. The number of urea groups is 1. The molecule has 0 spiro atoms. The van der Waals surface area contributed by atoms with Gasteiger partial charge < -0.3 is 15.0 Å². The molecule has 0 aliphatic carbocycles. The van der Waals surface area contributed by atoms with Crippen LogP contribution < -0.4 is 5.32 Å². The second-order valence-electron chi connectivity index (χ2n) is 5.75. The molecule has 2 amide bonds. The molecule has 0 radical (unpaired) electrons. The van der Waals surface area contributed by atoms with Crippen LogP contribution in [0.3, 0.4) is 0 Å². The Morgan fingerprint density at radius 2 is 2.14 bits per heavy atom. The van der Waals surface area contributed by atoms with Gasteiger partial charge in [0.1, 0.15) is 0 Å². The quantitative estimate of drug-likeness (QED) is 0.898. The predicted octanol–water partition coefficient (Wildman–Crippen LogP) is 3.55. The largest absolute Gasteiger partial charge is 0.372 e. The summed E-state index contributed by atoms with van der Waals surface area (Å²) in [4.78, 5) is 13.9. The second kappa shape index (κ2) is 7.80. The van der Waals surface area contributed by atoms with Crippen LogP contribution >= 0.6 is 15.9 Å². The van der Waals surface area contributed by atoms with E-state index in [9.17, 15) is 4.79 Å². The van der Waals surface area contributed by atoms with E-state index in [1.54, 1.807) is 0 Å². The SMILES string of the molecule is CC(C)NC(=O)N1CCCC(OCc2ccc(Br)cc2)C1. The zero-order chi connectivity index (χ0) is 15.2. The van der Waals surface area contributed by atoms with Gasteiger partial charge in [0.15, 0.2) is 0 Å². The topological polar surface area (TPSA) is 41.6 Å². The number of amides is 2. The van der Waals surface area contributed by atoms with E-state index in [2.05, 4.69) is 33.4 Å². The van der Waals surface area contributed by atoms with Gasteiger partial charge in [-0.05, 0) is 44.4 Å². The second-order valence-corrected chi connectivity index (χ2v) is 6.67. The summed E-state index contributed by atoms with van der Waals surface area (Å²) in [5.41, 5.74) is 1.15. The third-order valence-corrected chi connectivity index (χ3v) is 4.01. The summed E-state index contributed by atoms with van der Waals surface area (Å²) in [6, 6.07) is 8.32. The van der Waals surface area contributed by atoms with Gasteiger partial charge in [-0.25, -0.2) is 4.79 Å². The first-order chi connectivity index (χ1) is 10.0. The maximum Gasteiger partial charge on any atom is 0.317 e. The van der Waals surface area contributed by atoms with E-state index in [0.717, 1.165) is 29.4 Å². The highest BCUT2D eigenvalue weighted by Gasteiger charge is 2.24. The molecule has 5 heteroatoms. The van der Waals surface area contributed by atoms with E-state index < -0.39 is 0 Å². The van der Waals surface area contributed by atoms with Crippen molar-refractivity contribution < 1.29 is 9.53 Å². The molecular weight excluding hydrogens is 332 g/mol. The van der Waals surface area contributed by atoms with Crippen molar-refractivity contribution in [3.8, 4) is 0 Å². The molecule has 1 aliphatic rings. The number of carbonyl (C=O) groups is 1. The van der Waals surface area contributed by atoms with Crippen molar-refractivity contribution in [2.45, 2.75) is 45.4 Å². The van der Waals surface area contributed by atoms with Gasteiger partial charge in [-0.15, -0.1) is 0 Å². The lowest BCUT2D eigenvalue weighted by atomic mass is 10.1. The van der Waals surface area contributed by atoms with Gasteiger partial charge in [0, 0.05) is 23.6 Å². The van der Waals surface area contributed by atoms with Crippen LogP contribution in [0.15, 0.2) is 28.7 Å². The summed E-state index contributed by atoms with van der Waals surface area (Å²) < 4.78 is 7.03. The molecular formula is C16H23BrN2O2. The highest BCUT2D eigenvalue weighted by atomic mass is 79.9. The van der Waals surface area contributed by atoms with Crippen LogP contribution in [0.1, 0.15) is 32.3 Å². The summed E-state index contributed by atoms with van der Waals surface area (Å²) >= 11 is 3.42. The monoisotopic (exact) mass is 354 g/mol. The van der Waals surface area contributed by atoms with E-state index in [0.29, 0.717) is 13.2 Å². The number of likely N-dealkylation sites (tertiary alicyclic amines) is 1. The fourth-order valence-electron chi connectivity index (χ4n) is 2.39. The Morgan fingerprint density at radius 1 is 1.43 bits per heavy atom. The minimum Gasteiger partial charge on any atom is -0.372 e. The van der Waals surface area contributed by atoms with Crippen LogP contribution in [0.2, 0.25) is 0 Å². The molecule has 4 nitrogen and oxygen atoms in total. The first kappa shape index (κ1) is 16.3. The standard InChI is InChI=1S/C16H23BrN2O2/c1-12(2)18-16(20)19-9-3-4-15(10-19)21-11-13-5-7-14(17)8-6-13/h5-8,12,15H,3-4,9-11H2,1-2H3,(H,18,20). The number of ether oxygens (including phenoxy) is 1. The summed E-state index contributed by atoms with van der Waals surface area (Å²) in [7, 11) is 0. The highest BCUT2D eigenvalue weighted by molar-refractivity contribution is 9.10. The van der Waals surface area contributed by atoms with Crippen molar-refractivity contribution >= 4 is 22.0 Å². The van der Waals surface area contributed by atoms with E-state index in [-0.39, 0.29) is 18.2 Å². The molecule has 1 fully saturated rings. The number of nitrogens with zero attached hydrogens (tertiary/aromatic N) is 1. The Morgan fingerprint density at radius 3 is 2.81 bits per heavy atom. The van der Waals surface area contributed by atoms with Crippen LogP contribution in [-0.4, -0.2) is 36.2 Å². The van der Waals surface area contributed by atoms with Crippen molar-refractivity contribution in [1.82, 2.24) is 10.2 Å². The Hall–Kier alpha value is -1.07. The van der Waals surface area contributed by atoms with Crippen molar-refractivity contribution in [2.24, 2.45) is 0 Å². The van der Waals surface area contributed by atoms with Crippen molar-refractivity contribution in [3.05, 3.63) is 34.3 Å². The zero-order valence-electron chi connectivity index (χ0n) is 12.6. The number of rotatable bonds is 4.